The normalized spacial score (nSPS) is 12.5. The molecule has 0 spiro atoms. The molecule has 0 bridgehead atoms. The van der Waals surface area contributed by atoms with E-state index >= 15 is 0 Å². The fourth-order valence-electron chi connectivity index (χ4n) is 2.43. The van der Waals surface area contributed by atoms with Gasteiger partial charge in [0.05, 0.1) is 12.9 Å². The quantitative estimate of drug-likeness (QED) is 0.322. The van der Waals surface area contributed by atoms with Crippen LogP contribution in [0.1, 0.15) is 12.5 Å². The molecule has 0 radical (unpaired) electrons. The van der Waals surface area contributed by atoms with Gasteiger partial charge in [0, 0.05) is 36.7 Å². The summed E-state index contributed by atoms with van der Waals surface area (Å²) in [5.41, 5.74) is 0.117. The molecule has 0 fully saturated rings. The number of sulfonamides is 1. The van der Waals surface area contributed by atoms with Gasteiger partial charge in [-0.25, -0.2) is 23.7 Å². The number of anilines is 2. The van der Waals surface area contributed by atoms with E-state index in [0.29, 0.717) is 0 Å². The lowest BCUT2D eigenvalue weighted by Gasteiger charge is -2.14. The summed E-state index contributed by atoms with van der Waals surface area (Å²) in [6, 6.07) is 4.84. The molecule has 2 aromatic heterocycles. The van der Waals surface area contributed by atoms with Gasteiger partial charge >= 0.3 is 0 Å². The molecule has 0 aliphatic rings. The molecule has 166 valence electrons. The largest absolute Gasteiger partial charge is 0.394 e. The molecular formula is C18H20F2N6O3S2. The first-order valence-electron chi connectivity index (χ1n) is 9.01. The fourth-order valence-corrected chi connectivity index (χ4v) is 4.24. The van der Waals surface area contributed by atoms with Gasteiger partial charge in [0.25, 0.3) is 10.0 Å². The van der Waals surface area contributed by atoms with Crippen LogP contribution in [0.3, 0.4) is 0 Å². The van der Waals surface area contributed by atoms with Gasteiger partial charge in [0.15, 0.2) is 21.8 Å². The predicted molar refractivity (Wildman–Crippen MR) is 112 cm³/mol. The molecule has 0 aliphatic carbocycles. The Morgan fingerprint density at radius 1 is 1.26 bits per heavy atom. The number of halogens is 2. The molecule has 13 heteroatoms. The SMILES string of the molecule is C[C@H](CO)Nc1cc(NS(=O)(=O)c2cn(C)cn2)nc(SCc2cccc(F)c2F)n1. The average Bonchev–Trinajstić information content (AvgIpc) is 3.16. The van der Waals surface area contributed by atoms with E-state index in [9.17, 15) is 22.3 Å². The number of hydrogen-bond acceptors (Lipinski definition) is 8. The highest BCUT2D eigenvalue weighted by Gasteiger charge is 2.19. The Kier molecular flexibility index (Phi) is 7.08. The third-order valence-corrected chi connectivity index (χ3v) is 6.09. The molecular weight excluding hydrogens is 450 g/mol. The van der Waals surface area contributed by atoms with Crippen LogP contribution in [0.2, 0.25) is 0 Å². The van der Waals surface area contributed by atoms with E-state index in [0.717, 1.165) is 17.8 Å². The smallest absolute Gasteiger partial charge is 0.282 e. The van der Waals surface area contributed by atoms with Crippen LogP contribution in [0, 0.1) is 11.6 Å². The highest BCUT2D eigenvalue weighted by molar-refractivity contribution is 7.98. The van der Waals surface area contributed by atoms with Crippen molar-refractivity contribution in [2.24, 2.45) is 7.05 Å². The Morgan fingerprint density at radius 3 is 2.68 bits per heavy atom. The number of aliphatic hydroxyl groups is 1. The van der Waals surface area contributed by atoms with Crippen LogP contribution >= 0.6 is 11.8 Å². The lowest BCUT2D eigenvalue weighted by molar-refractivity contribution is 0.281. The van der Waals surface area contributed by atoms with Crippen molar-refractivity contribution in [3.63, 3.8) is 0 Å². The Balaban J connectivity index is 1.88. The van der Waals surface area contributed by atoms with Crippen molar-refractivity contribution in [1.82, 2.24) is 19.5 Å². The minimum absolute atomic E-state index is 0.0228. The maximum atomic E-state index is 13.9. The first-order valence-corrected chi connectivity index (χ1v) is 11.5. The maximum Gasteiger partial charge on any atom is 0.282 e. The molecule has 3 rings (SSSR count). The molecule has 31 heavy (non-hydrogen) atoms. The zero-order chi connectivity index (χ0) is 22.6. The zero-order valence-corrected chi connectivity index (χ0v) is 18.2. The number of thioether (sulfide) groups is 1. The maximum absolute atomic E-state index is 13.9. The first kappa shape index (κ1) is 22.9. The lowest BCUT2D eigenvalue weighted by Crippen LogP contribution is -2.21. The van der Waals surface area contributed by atoms with E-state index in [1.807, 2.05) is 0 Å². The van der Waals surface area contributed by atoms with Crippen molar-refractivity contribution in [2.45, 2.75) is 28.9 Å². The van der Waals surface area contributed by atoms with Gasteiger partial charge in [-0.1, -0.05) is 23.9 Å². The molecule has 3 aromatic rings. The Bertz CT molecular complexity index is 1170. The number of benzene rings is 1. The van der Waals surface area contributed by atoms with Crippen LogP contribution < -0.4 is 10.0 Å². The van der Waals surface area contributed by atoms with Gasteiger partial charge in [0.2, 0.25) is 0 Å². The molecule has 0 saturated carbocycles. The van der Waals surface area contributed by atoms with E-state index in [2.05, 4.69) is 25.0 Å². The third-order valence-electron chi connectivity index (χ3n) is 3.96. The molecule has 2 heterocycles. The molecule has 3 N–H and O–H groups in total. The number of aryl methyl sites for hydroxylation is 1. The van der Waals surface area contributed by atoms with Crippen molar-refractivity contribution in [2.75, 3.05) is 16.6 Å². The van der Waals surface area contributed by atoms with Crippen LogP contribution in [0.25, 0.3) is 0 Å². The van der Waals surface area contributed by atoms with Crippen LogP contribution in [0.4, 0.5) is 20.4 Å². The summed E-state index contributed by atoms with van der Waals surface area (Å²) in [4.78, 5) is 12.2. The minimum Gasteiger partial charge on any atom is -0.394 e. The molecule has 1 aromatic carbocycles. The number of nitrogens with zero attached hydrogens (tertiary/aromatic N) is 4. The Hall–Kier alpha value is -2.77. The second-order valence-electron chi connectivity index (χ2n) is 6.63. The van der Waals surface area contributed by atoms with Crippen molar-refractivity contribution in [3.05, 3.63) is 54.0 Å². The topological polar surface area (TPSA) is 122 Å². The molecule has 0 amide bonds. The average molecular weight is 471 g/mol. The number of nitrogens with one attached hydrogen (secondary N) is 2. The van der Waals surface area contributed by atoms with Gasteiger partial charge in [-0.15, -0.1) is 0 Å². The fraction of sp³-hybridized carbons (Fsp3) is 0.278. The number of rotatable bonds is 9. The van der Waals surface area contributed by atoms with E-state index in [4.69, 9.17) is 0 Å². The number of aromatic nitrogens is 4. The molecule has 9 nitrogen and oxygen atoms in total. The van der Waals surface area contributed by atoms with Crippen LogP contribution in [0.5, 0.6) is 0 Å². The van der Waals surface area contributed by atoms with E-state index < -0.39 is 21.7 Å². The Morgan fingerprint density at radius 2 is 2.00 bits per heavy atom. The monoisotopic (exact) mass is 470 g/mol. The highest BCUT2D eigenvalue weighted by atomic mass is 32.2. The molecule has 1 atom stereocenters. The van der Waals surface area contributed by atoms with Crippen molar-refractivity contribution >= 4 is 33.4 Å². The lowest BCUT2D eigenvalue weighted by atomic mass is 10.2. The summed E-state index contributed by atoms with van der Waals surface area (Å²) >= 11 is 0.999. The standard InChI is InChI=1S/C18H20F2N6O3S2/c1-11(8-27)22-14-6-15(25-31(28,29)16-7-26(2)10-21-16)24-18(23-14)30-9-12-4-3-5-13(19)17(12)20/h3-7,10-11,27H,8-9H2,1-2H3,(H2,22,23,24,25)/t11-/m1/s1. The number of hydrogen-bond donors (Lipinski definition) is 3. The van der Waals surface area contributed by atoms with Crippen molar-refractivity contribution < 1.29 is 22.3 Å². The zero-order valence-electron chi connectivity index (χ0n) is 16.6. The first-order chi connectivity index (χ1) is 14.7. The summed E-state index contributed by atoms with van der Waals surface area (Å²) in [6.45, 7) is 1.52. The van der Waals surface area contributed by atoms with Crippen LogP contribution in [0.15, 0.2) is 47.0 Å². The second kappa shape index (κ2) is 9.58. The van der Waals surface area contributed by atoms with Gasteiger partial charge in [-0.05, 0) is 13.0 Å². The van der Waals surface area contributed by atoms with Gasteiger partial charge in [-0.2, -0.15) is 8.42 Å². The summed E-state index contributed by atoms with van der Waals surface area (Å²) < 4.78 is 56.3. The molecule has 0 unspecified atom stereocenters. The Labute approximate surface area is 182 Å². The third kappa shape index (κ3) is 5.89. The van der Waals surface area contributed by atoms with E-state index in [1.54, 1.807) is 14.0 Å². The number of imidazole rings is 1. The van der Waals surface area contributed by atoms with Gasteiger partial charge in [-0.3, -0.25) is 4.72 Å². The highest BCUT2D eigenvalue weighted by Crippen LogP contribution is 2.26. The summed E-state index contributed by atoms with van der Waals surface area (Å²) in [5, 5.41) is 12.1. The van der Waals surface area contributed by atoms with Gasteiger partial charge < -0.3 is 15.0 Å². The van der Waals surface area contributed by atoms with E-state index in [-0.39, 0.29) is 45.8 Å². The van der Waals surface area contributed by atoms with Crippen molar-refractivity contribution in [1.29, 1.82) is 0 Å². The van der Waals surface area contributed by atoms with Crippen molar-refractivity contribution in [3.8, 4) is 0 Å². The van der Waals surface area contributed by atoms with Gasteiger partial charge in [0.1, 0.15) is 11.6 Å². The summed E-state index contributed by atoms with van der Waals surface area (Å²) in [5.74, 6) is -1.70. The molecule has 0 saturated heterocycles. The molecule has 0 aliphatic heterocycles. The predicted octanol–water partition coefficient (Wildman–Crippen LogP) is 2.37. The minimum atomic E-state index is -4.01. The van der Waals surface area contributed by atoms with Crippen LogP contribution in [-0.4, -0.2) is 45.7 Å². The number of aliphatic hydroxyl groups excluding tert-OH is 1. The van der Waals surface area contributed by atoms with E-state index in [1.165, 1.54) is 35.3 Å². The summed E-state index contributed by atoms with van der Waals surface area (Å²) in [7, 11) is -2.37. The summed E-state index contributed by atoms with van der Waals surface area (Å²) in [6.07, 6.45) is 2.68. The second-order valence-corrected chi connectivity index (χ2v) is 9.21. The van der Waals surface area contributed by atoms with Crippen LogP contribution in [-0.2, 0) is 22.8 Å².